The van der Waals surface area contributed by atoms with Crippen LogP contribution in [0.25, 0.3) is 0 Å². The first-order chi connectivity index (χ1) is 44.1. The maximum Gasteiger partial charge on any atom is 0.246 e. The molecule has 2 bridgehead atoms. The smallest absolute Gasteiger partial charge is 0.246 e. The highest BCUT2D eigenvalue weighted by Crippen LogP contribution is 2.29. The first-order valence-corrected chi connectivity index (χ1v) is 34.8. The van der Waals surface area contributed by atoms with Gasteiger partial charge in [-0.3, -0.25) is 57.5 Å². The fraction of sp³-hybridized carbons (Fsp3) is 0.826. The molecular formula is C69H122N12O14. The molecule has 3 heterocycles. The predicted molar refractivity (Wildman–Crippen MR) is 362 cm³/mol. The number of hydrogen-bond donors (Lipinski definition) is 5. The van der Waals surface area contributed by atoms with Gasteiger partial charge in [0.15, 0.2) is 0 Å². The van der Waals surface area contributed by atoms with Gasteiger partial charge in [0.2, 0.25) is 70.9 Å². The van der Waals surface area contributed by atoms with Gasteiger partial charge >= 0.3 is 0 Å². The molecule has 3 aliphatic heterocycles. The van der Waals surface area contributed by atoms with E-state index in [4.69, 9.17) is 4.74 Å². The van der Waals surface area contributed by atoms with E-state index in [0.717, 1.165) is 22.6 Å². The van der Waals surface area contributed by atoms with Crippen LogP contribution in [0.3, 0.4) is 0 Å². The van der Waals surface area contributed by atoms with Crippen LogP contribution in [0.1, 0.15) is 182 Å². The van der Waals surface area contributed by atoms with Crippen molar-refractivity contribution in [3.05, 3.63) is 0 Å². The Morgan fingerprint density at radius 1 is 0.484 bits per heavy atom. The summed E-state index contributed by atoms with van der Waals surface area (Å²) in [5, 5.41) is 23.2. The molecule has 3 saturated heterocycles. The number of rotatable bonds is 17. The minimum atomic E-state index is -1.62. The molecule has 16 atom stereocenters. The zero-order chi connectivity index (χ0) is 72.7. The number of fused-ring (bicyclic) bond motifs is 2. The first-order valence-electron chi connectivity index (χ1n) is 34.8. The summed E-state index contributed by atoms with van der Waals surface area (Å²) in [6, 6.07) is -14.2. The van der Waals surface area contributed by atoms with Gasteiger partial charge in [0, 0.05) is 68.8 Å². The number of carbonyl (C=O) groups excluding carboxylic acids is 12. The number of aliphatic hydroxyl groups excluding tert-OH is 1. The Morgan fingerprint density at radius 3 is 1.44 bits per heavy atom. The number of ether oxygens (including phenoxy) is 1. The number of likely N-dealkylation sites (N-methyl/N-ethyl adjacent to an activating group) is 7. The van der Waals surface area contributed by atoms with Crippen LogP contribution in [0, 0.1) is 41.4 Å². The number of nitrogens with one attached hydrogen (secondary N) is 4. The van der Waals surface area contributed by atoms with Crippen molar-refractivity contribution in [3.63, 3.8) is 0 Å². The van der Waals surface area contributed by atoms with Gasteiger partial charge in [-0.25, -0.2) is 0 Å². The summed E-state index contributed by atoms with van der Waals surface area (Å²) in [6.07, 6.45) is 1.45. The monoisotopic (exact) mass is 1340 g/mol. The third-order valence-corrected chi connectivity index (χ3v) is 19.8. The zero-order valence-corrected chi connectivity index (χ0v) is 61.9. The van der Waals surface area contributed by atoms with Gasteiger partial charge in [-0.15, -0.1) is 0 Å². The molecule has 2 unspecified atom stereocenters. The summed E-state index contributed by atoms with van der Waals surface area (Å²) >= 11 is 0. The molecule has 3 aliphatic rings. The molecule has 0 spiro atoms. The molecular weight excluding hydrogens is 1220 g/mol. The normalized spacial score (nSPS) is 29.3. The van der Waals surface area contributed by atoms with Gasteiger partial charge in [-0.2, -0.15) is 0 Å². The van der Waals surface area contributed by atoms with Gasteiger partial charge in [0.1, 0.15) is 66.5 Å². The SMILES string of the molecule is CC[C@@H]1NC(=O)[C@H]([C@H](O)[C@H](C)CC)N(C)C(=O)[C@H](C(C)C)N(C)C(=O)[C@H](CC(C)C)N(C)C(=O)[C@H](CC(C)C)N(C)C(=O)[C@@H](C)NC(=O)[C@H](C)NC(=O)[C@H](CCC(C)C)N(C)C(=O)[C@H](C(C)C)NC(=O)[C@H]([C@H](C)CCC(=O)N2CC3CCC(C2)O3)N(C)C(=O)[C@@H](C)N(C)C1=O. The summed E-state index contributed by atoms with van der Waals surface area (Å²) in [5.41, 5.74) is 0. The molecule has 0 aromatic carbocycles. The lowest BCUT2D eigenvalue weighted by Gasteiger charge is -2.41. The van der Waals surface area contributed by atoms with Gasteiger partial charge in [0.25, 0.3) is 0 Å². The highest BCUT2D eigenvalue weighted by atomic mass is 16.5. The third-order valence-electron chi connectivity index (χ3n) is 19.8. The number of morpholine rings is 1. The fourth-order valence-corrected chi connectivity index (χ4v) is 13.1. The lowest BCUT2D eigenvalue weighted by Crippen LogP contribution is -2.64. The highest BCUT2D eigenvalue weighted by molar-refractivity contribution is 6.00. The minimum absolute atomic E-state index is 0.0134. The molecule has 0 aliphatic carbocycles. The first kappa shape index (κ1) is 82.8. The number of carbonyl (C=O) groups is 12. The summed E-state index contributed by atoms with van der Waals surface area (Å²) < 4.78 is 5.98. The predicted octanol–water partition coefficient (Wildman–Crippen LogP) is 3.25. The van der Waals surface area contributed by atoms with Gasteiger partial charge < -0.3 is 70.3 Å². The maximum absolute atomic E-state index is 15.2. The Balaban J connectivity index is 2.32. The summed E-state index contributed by atoms with van der Waals surface area (Å²) in [4.78, 5) is 188. The van der Waals surface area contributed by atoms with Crippen LogP contribution in [-0.4, -0.2) is 262 Å². The fourth-order valence-electron chi connectivity index (χ4n) is 13.1. The molecule has 95 heavy (non-hydrogen) atoms. The van der Waals surface area contributed by atoms with Crippen molar-refractivity contribution < 1.29 is 67.4 Å². The second kappa shape index (κ2) is 36.8. The Hall–Kier alpha value is -6.44. The Kier molecular flexibility index (Phi) is 32.1. The van der Waals surface area contributed by atoms with Gasteiger partial charge in [-0.1, -0.05) is 103 Å². The van der Waals surface area contributed by atoms with Crippen molar-refractivity contribution in [3.8, 4) is 0 Å². The Bertz CT molecular complexity index is 2660. The van der Waals surface area contributed by atoms with Crippen molar-refractivity contribution in [2.45, 2.75) is 267 Å². The lowest BCUT2D eigenvalue weighted by molar-refractivity contribution is -0.157. The quantitative estimate of drug-likeness (QED) is 0.140. The molecule has 5 N–H and O–H groups in total. The highest BCUT2D eigenvalue weighted by Gasteiger charge is 2.47. The van der Waals surface area contributed by atoms with E-state index in [1.54, 1.807) is 60.3 Å². The zero-order valence-electron chi connectivity index (χ0n) is 61.9. The molecule has 0 aromatic rings. The van der Waals surface area contributed by atoms with E-state index >= 15 is 28.8 Å². The minimum Gasteiger partial charge on any atom is -0.390 e. The van der Waals surface area contributed by atoms with E-state index < -0.39 is 161 Å². The van der Waals surface area contributed by atoms with E-state index in [9.17, 15) is 33.9 Å². The molecule has 542 valence electrons. The van der Waals surface area contributed by atoms with Crippen LogP contribution >= 0.6 is 0 Å². The Labute approximate surface area is 567 Å². The van der Waals surface area contributed by atoms with Gasteiger partial charge in [-0.05, 0) is 114 Å². The molecule has 0 radical (unpaired) electrons. The molecule has 26 nitrogen and oxygen atoms in total. The molecule has 0 saturated carbocycles. The number of likely N-dealkylation sites (tertiary alicyclic amines) is 1. The van der Waals surface area contributed by atoms with Crippen molar-refractivity contribution in [1.82, 2.24) is 60.5 Å². The largest absolute Gasteiger partial charge is 0.390 e. The van der Waals surface area contributed by atoms with Crippen molar-refractivity contribution in [1.29, 1.82) is 0 Å². The molecule has 12 amide bonds. The van der Waals surface area contributed by atoms with E-state index in [1.165, 1.54) is 94.6 Å². The van der Waals surface area contributed by atoms with Crippen molar-refractivity contribution >= 4 is 70.9 Å². The lowest BCUT2D eigenvalue weighted by atomic mass is 9.92. The van der Waals surface area contributed by atoms with Crippen molar-refractivity contribution in [2.75, 3.05) is 62.4 Å². The van der Waals surface area contributed by atoms with Gasteiger partial charge in [0.05, 0.1) is 18.3 Å². The van der Waals surface area contributed by atoms with E-state index in [-0.39, 0.29) is 74.4 Å². The summed E-state index contributed by atoms with van der Waals surface area (Å²) in [6.45, 7) is 30.3. The average Bonchev–Trinajstić information content (AvgIpc) is 1.38. The molecule has 0 aromatic heterocycles. The van der Waals surface area contributed by atoms with E-state index in [1.807, 2.05) is 41.5 Å². The van der Waals surface area contributed by atoms with E-state index in [0.29, 0.717) is 25.9 Å². The second-order valence-corrected chi connectivity index (χ2v) is 29.5. The van der Waals surface area contributed by atoms with Crippen LogP contribution in [-0.2, 0) is 62.3 Å². The third kappa shape index (κ3) is 21.5. The summed E-state index contributed by atoms with van der Waals surface area (Å²) in [5.74, 6) is -10.7. The van der Waals surface area contributed by atoms with Crippen LogP contribution in [0.4, 0.5) is 0 Å². The number of aliphatic hydroxyl groups is 1. The number of amides is 12. The topological polar surface area (TPSA) is 308 Å². The molecule has 3 rings (SSSR count). The second-order valence-electron chi connectivity index (χ2n) is 29.5. The maximum atomic E-state index is 15.2. The van der Waals surface area contributed by atoms with Crippen LogP contribution in [0.15, 0.2) is 0 Å². The van der Waals surface area contributed by atoms with Crippen LogP contribution < -0.4 is 21.3 Å². The molecule has 26 heteroatoms. The van der Waals surface area contributed by atoms with Crippen molar-refractivity contribution in [2.24, 2.45) is 41.4 Å². The standard InChI is InChI=1S/C69H122N12O14/c1-25-42(13)58(83)57-62(87)72-49(26-2)65(90)74(18)46(17)64(89)79(23)56(43(14)28-32-53(82)81-35-47-29-30-48(36-81)95-47)61(86)73-54(40(9)10)68(93)75(19)50(31-27-37(3)4)60(85)70-44(15)59(84)71-45(16)63(88)76(20)51(33-38(5)6)66(91)77(21)52(34-39(7)8)67(92)78(22)55(41(11)12)69(94)80(57)24/h37-52,54-58,83H,25-36H2,1-24H3,(H,70,85)(H,71,84)(H,72,87)(H,73,86)/t42-,43-,44+,45-,46-,47?,48?,49+,50+,51+,52+,54+,55+,56+,57+,58-/m1/s1. The van der Waals surface area contributed by atoms with E-state index in [2.05, 4.69) is 21.3 Å². The number of nitrogens with zero attached hydrogens (tertiary/aromatic N) is 8. The van der Waals surface area contributed by atoms with Crippen LogP contribution in [0.2, 0.25) is 0 Å². The molecule has 3 fully saturated rings. The number of hydrogen-bond acceptors (Lipinski definition) is 14. The summed E-state index contributed by atoms with van der Waals surface area (Å²) in [7, 11) is 9.88. The average molecular weight is 1340 g/mol. The van der Waals surface area contributed by atoms with Crippen LogP contribution in [0.5, 0.6) is 0 Å². The Morgan fingerprint density at radius 2 is 0.958 bits per heavy atom.